The summed E-state index contributed by atoms with van der Waals surface area (Å²) in [7, 11) is 0. The maximum atomic E-state index is 11.1. The number of carbonyl (C=O) groups is 1. The molecular formula is C15H21NO3. The first-order valence-corrected chi connectivity index (χ1v) is 6.89. The molecule has 0 aliphatic carbocycles. The number of rotatable bonds is 6. The molecule has 0 amide bonds. The molecule has 1 N–H and O–H groups in total. The van der Waals surface area contributed by atoms with Gasteiger partial charge in [-0.15, -0.1) is 0 Å². The molecule has 1 aliphatic heterocycles. The van der Waals surface area contributed by atoms with Gasteiger partial charge in [-0.2, -0.15) is 0 Å². The van der Waals surface area contributed by atoms with Crippen LogP contribution < -0.4 is 4.74 Å². The molecular weight excluding hydrogens is 242 g/mol. The van der Waals surface area contributed by atoms with Crippen molar-refractivity contribution in [2.75, 3.05) is 19.7 Å². The molecule has 1 unspecified atom stereocenters. The Balaban J connectivity index is 2.20. The van der Waals surface area contributed by atoms with Gasteiger partial charge in [0.05, 0.1) is 13.0 Å². The lowest BCUT2D eigenvalue weighted by Crippen LogP contribution is -2.27. The van der Waals surface area contributed by atoms with E-state index in [1.165, 1.54) is 0 Å². The van der Waals surface area contributed by atoms with Crippen LogP contribution in [0, 0.1) is 0 Å². The van der Waals surface area contributed by atoms with Gasteiger partial charge in [0.2, 0.25) is 0 Å². The lowest BCUT2D eigenvalue weighted by Gasteiger charge is -2.26. The van der Waals surface area contributed by atoms with Crippen LogP contribution in [0.15, 0.2) is 24.3 Å². The van der Waals surface area contributed by atoms with Gasteiger partial charge in [0, 0.05) is 6.04 Å². The smallest absolute Gasteiger partial charge is 0.305 e. The Bertz CT molecular complexity index is 427. The molecule has 104 valence electrons. The first-order chi connectivity index (χ1) is 9.20. The average Bonchev–Trinajstić information content (AvgIpc) is 2.90. The minimum Gasteiger partial charge on any atom is -0.494 e. The normalized spacial score (nSPS) is 17.3. The highest BCUT2D eigenvalue weighted by molar-refractivity contribution is 5.68. The highest BCUT2D eigenvalue weighted by atomic mass is 16.5. The van der Waals surface area contributed by atoms with Crippen molar-refractivity contribution in [3.05, 3.63) is 29.8 Å². The molecule has 1 atom stereocenters. The summed E-state index contributed by atoms with van der Waals surface area (Å²) in [6.45, 7) is 4.53. The fourth-order valence-corrected chi connectivity index (χ4v) is 2.65. The van der Waals surface area contributed by atoms with Crippen molar-refractivity contribution >= 4 is 5.97 Å². The number of carboxylic acids is 1. The third-order valence-electron chi connectivity index (χ3n) is 3.50. The van der Waals surface area contributed by atoms with Crippen LogP contribution in [0.1, 0.15) is 37.8 Å². The SMILES string of the molecule is CCOc1cccc(C(CC(=O)O)N2CCCC2)c1. The second kappa shape index (κ2) is 6.57. The van der Waals surface area contributed by atoms with Crippen LogP contribution in [0.3, 0.4) is 0 Å². The number of benzene rings is 1. The molecule has 0 aromatic heterocycles. The summed E-state index contributed by atoms with van der Waals surface area (Å²) in [5.74, 6) is 0.0632. The molecule has 1 aliphatic rings. The molecule has 1 fully saturated rings. The van der Waals surface area contributed by atoms with E-state index in [2.05, 4.69) is 4.90 Å². The molecule has 0 bridgehead atoms. The Morgan fingerprint density at radius 2 is 2.16 bits per heavy atom. The van der Waals surface area contributed by atoms with E-state index in [0.29, 0.717) is 6.61 Å². The molecule has 1 aromatic carbocycles. The third kappa shape index (κ3) is 3.70. The maximum Gasteiger partial charge on any atom is 0.305 e. The zero-order chi connectivity index (χ0) is 13.7. The molecule has 0 radical (unpaired) electrons. The van der Waals surface area contributed by atoms with Gasteiger partial charge in [0.1, 0.15) is 5.75 Å². The van der Waals surface area contributed by atoms with Crippen molar-refractivity contribution in [2.45, 2.75) is 32.2 Å². The fraction of sp³-hybridized carbons (Fsp3) is 0.533. The number of ether oxygens (including phenoxy) is 1. The Hall–Kier alpha value is -1.55. The standard InChI is InChI=1S/C15H21NO3/c1-2-19-13-7-5-6-12(10-13)14(11-15(17)18)16-8-3-4-9-16/h5-7,10,14H,2-4,8-9,11H2,1H3,(H,17,18). The molecule has 19 heavy (non-hydrogen) atoms. The van der Waals surface area contributed by atoms with Crippen molar-refractivity contribution in [3.63, 3.8) is 0 Å². The zero-order valence-electron chi connectivity index (χ0n) is 11.3. The van der Waals surface area contributed by atoms with Gasteiger partial charge >= 0.3 is 5.97 Å². The van der Waals surface area contributed by atoms with Gasteiger partial charge in [-0.05, 0) is 50.6 Å². The minimum absolute atomic E-state index is 0.0413. The van der Waals surface area contributed by atoms with E-state index in [-0.39, 0.29) is 12.5 Å². The largest absolute Gasteiger partial charge is 0.494 e. The third-order valence-corrected chi connectivity index (χ3v) is 3.50. The second-order valence-corrected chi connectivity index (χ2v) is 4.86. The van der Waals surface area contributed by atoms with E-state index < -0.39 is 5.97 Å². The van der Waals surface area contributed by atoms with Crippen LogP contribution in [0.2, 0.25) is 0 Å². The molecule has 2 rings (SSSR count). The lowest BCUT2D eigenvalue weighted by atomic mass is 10.0. The number of carboxylic acid groups (broad SMARTS) is 1. The van der Waals surface area contributed by atoms with Gasteiger partial charge in [-0.1, -0.05) is 12.1 Å². The molecule has 4 heteroatoms. The molecule has 0 saturated carbocycles. The quantitative estimate of drug-likeness (QED) is 0.857. The van der Waals surface area contributed by atoms with E-state index in [1.54, 1.807) is 0 Å². The maximum absolute atomic E-state index is 11.1. The summed E-state index contributed by atoms with van der Waals surface area (Å²) >= 11 is 0. The van der Waals surface area contributed by atoms with Gasteiger partial charge in [0.15, 0.2) is 0 Å². The van der Waals surface area contributed by atoms with Gasteiger partial charge in [-0.3, -0.25) is 9.69 Å². The Labute approximate surface area is 114 Å². The topological polar surface area (TPSA) is 49.8 Å². The van der Waals surface area contributed by atoms with Crippen molar-refractivity contribution in [2.24, 2.45) is 0 Å². The van der Waals surface area contributed by atoms with Crippen molar-refractivity contribution in [1.82, 2.24) is 4.90 Å². The molecule has 4 nitrogen and oxygen atoms in total. The van der Waals surface area contributed by atoms with Crippen molar-refractivity contribution in [3.8, 4) is 5.75 Å². The summed E-state index contributed by atoms with van der Waals surface area (Å²) in [6.07, 6.45) is 2.46. The van der Waals surface area contributed by atoms with Gasteiger partial charge in [-0.25, -0.2) is 0 Å². The highest BCUT2D eigenvalue weighted by Gasteiger charge is 2.25. The summed E-state index contributed by atoms with van der Waals surface area (Å²) in [6, 6.07) is 7.77. The van der Waals surface area contributed by atoms with Crippen LogP contribution in [-0.4, -0.2) is 35.7 Å². The van der Waals surface area contributed by atoms with Crippen LogP contribution in [0.5, 0.6) is 5.75 Å². The fourth-order valence-electron chi connectivity index (χ4n) is 2.65. The first kappa shape index (κ1) is 13.9. The molecule has 1 heterocycles. The lowest BCUT2D eigenvalue weighted by molar-refractivity contribution is -0.138. The number of hydrogen-bond donors (Lipinski definition) is 1. The Morgan fingerprint density at radius 1 is 1.42 bits per heavy atom. The number of hydrogen-bond acceptors (Lipinski definition) is 3. The van der Waals surface area contributed by atoms with E-state index >= 15 is 0 Å². The Kier molecular flexibility index (Phi) is 4.80. The molecule has 1 aromatic rings. The van der Waals surface area contributed by atoms with E-state index in [4.69, 9.17) is 9.84 Å². The first-order valence-electron chi connectivity index (χ1n) is 6.89. The van der Waals surface area contributed by atoms with Crippen LogP contribution in [0.25, 0.3) is 0 Å². The van der Waals surface area contributed by atoms with E-state index in [0.717, 1.165) is 37.2 Å². The Morgan fingerprint density at radius 3 is 2.79 bits per heavy atom. The van der Waals surface area contributed by atoms with Crippen LogP contribution >= 0.6 is 0 Å². The summed E-state index contributed by atoms with van der Waals surface area (Å²) in [4.78, 5) is 13.4. The molecule has 1 saturated heterocycles. The monoisotopic (exact) mass is 263 g/mol. The number of nitrogens with zero attached hydrogens (tertiary/aromatic N) is 1. The predicted octanol–water partition coefficient (Wildman–Crippen LogP) is 2.70. The average molecular weight is 263 g/mol. The summed E-state index contributed by atoms with van der Waals surface area (Å²) < 4.78 is 5.50. The zero-order valence-corrected chi connectivity index (χ0v) is 11.3. The van der Waals surface area contributed by atoms with Crippen molar-refractivity contribution in [1.29, 1.82) is 0 Å². The van der Waals surface area contributed by atoms with Crippen LogP contribution in [-0.2, 0) is 4.79 Å². The van der Waals surface area contributed by atoms with Crippen molar-refractivity contribution < 1.29 is 14.6 Å². The second-order valence-electron chi connectivity index (χ2n) is 4.86. The van der Waals surface area contributed by atoms with Gasteiger partial charge in [0.25, 0.3) is 0 Å². The summed E-state index contributed by atoms with van der Waals surface area (Å²) in [5.41, 5.74) is 1.04. The van der Waals surface area contributed by atoms with Crippen LogP contribution in [0.4, 0.5) is 0 Å². The number of likely N-dealkylation sites (tertiary alicyclic amines) is 1. The van der Waals surface area contributed by atoms with Gasteiger partial charge < -0.3 is 9.84 Å². The minimum atomic E-state index is -0.751. The number of aliphatic carboxylic acids is 1. The van der Waals surface area contributed by atoms with E-state index in [9.17, 15) is 4.79 Å². The highest BCUT2D eigenvalue weighted by Crippen LogP contribution is 2.30. The molecule has 0 spiro atoms. The summed E-state index contributed by atoms with van der Waals surface area (Å²) in [5, 5.41) is 9.12. The predicted molar refractivity (Wildman–Crippen MR) is 73.4 cm³/mol. The van der Waals surface area contributed by atoms with E-state index in [1.807, 2.05) is 31.2 Å².